The summed E-state index contributed by atoms with van der Waals surface area (Å²) in [6, 6.07) is 4.86. The smallest absolute Gasteiger partial charge is 0.342 e. The van der Waals surface area contributed by atoms with Crippen LogP contribution in [0.1, 0.15) is 12.0 Å². The van der Waals surface area contributed by atoms with Gasteiger partial charge in [0.1, 0.15) is 5.52 Å². The second-order valence-corrected chi connectivity index (χ2v) is 3.29. The number of aromatic nitrogens is 1. The number of aliphatic hydroxyl groups excluding tert-OH is 1. The molecule has 0 amide bonds. The van der Waals surface area contributed by atoms with E-state index in [1.165, 1.54) is 0 Å². The van der Waals surface area contributed by atoms with Crippen molar-refractivity contribution < 1.29 is 19.4 Å². The molecule has 2 aromatic rings. The molecule has 5 nitrogen and oxygen atoms in total. The molecule has 0 fully saturated rings. The highest BCUT2D eigenvalue weighted by atomic mass is 35.5. The van der Waals surface area contributed by atoms with Gasteiger partial charge in [-0.05, 0) is 12.1 Å². The highest BCUT2D eigenvalue weighted by Crippen LogP contribution is 2.26. The molecular formula is C9H6ClNO4. The third-order valence-corrected chi connectivity index (χ3v) is 2.15. The third-order valence-electron chi connectivity index (χ3n) is 1.85. The summed E-state index contributed by atoms with van der Waals surface area (Å²) in [6.07, 6.45) is -1.77. The van der Waals surface area contributed by atoms with E-state index in [1.54, 1.807) is 18.2 Å². The number of para-hydroxylation sites is 1. The van der Waals surface area contributed by atoms with E-state index in [2.05, 4.69) is 4.98 Å². The Bertz CT molecular complexity index is 522. The second-order valence-electron chi connectivity index (χ2n) is 2.88. The number of aliphatic hydroxyl groups is 1. The van der Waals surface area contributed by atoms with Gasteiger partial charge in [-0.3, -0.25) is 0 Å². The van der Waals surface area contributed by atoms with Crippen LogP contribution in [-0.2, 0) is 4.79 Å². The first-order chi connectivity index (χ1) is 7.09. The zero-order chi connectivity index (χ0) is 11.0. The van der Waals surface area contributed by atoms with Gasteiger partial charge >= 0.3 is 5.97 Å². The molecule has 0 spiro atoms. The minimum atomic E-state index is -1.77. The van der Waals surface area contributed by atoms with Crippen LogP contribution in [0.15, 0.2) is 22.6 Å². The van der Waals surface area contributed by atoms with Gasteiger partial charge in [0.15, 0.2) is 5.58 Å². The normalized spacial score (nSPS) is 12.9. The van der Waals surface area contributed by atoms with Crippen LogP contribution in [0.5, 0.6) is 0 Å². The van der Waals surface area contributed by atoms with Gasteiger partial charge in [-0.15, -0.1) is 0 Å². The Kier molecular flexibility index (Phi) is 2.34. The van der Waals surface area contributed by atoms with Gasteiger partial charge in [0.05, 0.1) is 5.02 Å². The topological polar surface area (TPSA) is 83.6 Å². The fourth-order valence-electron chi connectivity index (χ4n) is 1.16. The fourth-order valence-corrected chi connectivity index (χ4v) is 1.36. The number of oxazole rings is 1. The Hall–Kier alpha value is -1.59. The van der Waals surface area contributed by atoms with Crippen LogP contribution < -0.4 is 0 Å². The monoisotopic (exact) mass is 227 g/mol. The number of carboxylic acids is 1. The van der Waals surface area contributed by atoms with Crippen molar-refractivity contribution in [3.8, 4) is 0 Å². The molecule has 1 heterocycles. The predicted octanol–water partition coefficient (Wildman–Crippen LogP) is 1.60. The van der Waals surface area contributed by atoms with E-state index >= 15 is 0 Å². The molecule has 0 saturated carbocycles. The molecule has 15 heavy (non-hydrogen) atoms. The average molecular weight is 228 g/mol. The molecule has 78 valence electrons. The van der Waals surface area contributed by atoms with Crippen molar-refractivity contribution >= 4 is 28.7 Å². The molecule has 0 aliphatic carbocycles. The molecule has 1 atom stereocenters. The Labute approximate surface area is 88.9 Å². The SMILES string of the molecule is O=C(O)C(O)c1nc2cccc(Cl)c2o1. The van der Waals surface area contributed by atoms with Gasteiger partial charge in [-0.2, -0.15) is 0 Å². The van der Waals surface area contributed by atoms with Crippen molar-refractivity contribution in [3.05, 3.63) is 29.1 Å². The number of halogens is 1. The van der Waals surface area contributed by atoms with E-state index in [1.807, 2.05) is 0 Å². The zero-order valence-electron chi connectivity index (χ0n) is 7.35. The van der Waals surface area contributed by atoms with Gasteiger partial charge in [-0.25, -0.2) is 9.78 Å². The zero-order valence-corrected chi connectivity index (χ0v) is 8.10. The number of nitrogens with zero attached hydrogens (tertiary/aromatic N) is 1. The van der Waals surface area contributed by atoms with Crippen LogP contribution in [0.25, 0.3) is 11.1 Å². The van der Waals surface area contributed by atoms with E-state index in [0.717, 1.165) is 0 Å². The quantitative estimate of drug-likeness (QED) is 0.814. The van der Waals surface area contributed by atoms with Crippen molar-refractivity contribution in [2.45, 2.75) is 6.10 Å². The Morgan fingerprint density at radius 2 is 2.27 bits per heavy atom. The molecule has 0 bridgehead atoms. The van der Waals surface area contributed by atoms with Crippen LogP contribution >= 0.6 is 11.6 Å². The van der Waals surface area contributed by atoms with Crippen molar-refractivity contribution in [1.29, 1.82) is 0 Å². The predicted molar refractivity (Wildman–Crippen MR) is 51.6 cm³/mol. The van der Waals surface area contributed by atoms with Crippen molar-refractivity contribution in [2.24, 2.45) is 0 Å². The molecule has 6 heteroatoms. The number of rotatable bonds is 2. The largest absolute Gasteiger partial charge is 0.479 e. The molecular weight excluding hydrogens is 222 g/mol. The highest BCUT2D eigenvalue weighted by molar-refractivity contribution is 6.34. The van der Waals surface area contributed by atoms with E-state index in [0.29, 0.717) is 10.5 Å². The molecule has 1 aromatic heterocycles. The summed E-state index contributed by atoms with van der Waals surface area (Å²) in [4.78, 5) is 14.3. The molecule has 2 rings (SSSR count). The van der Waals surface area contributed by atoms with Crippen molar-refractivity contribution in [3.63, 3.8) is 0 Å². The first-order valence-corrected chi connectivity index (χ1v) is 4.43. The number of hydrogen-bond donors (Lipinski definition) is 2. The summed E-state index contributed by atoms with van der Waals surface area (Å²) in [6.45, 7) is 0. The molecule has 1 unspecified atom stereocenters. The molecule has 0 saturated heterocycles. The maximum Gasteiger partial charge on any atom is 0.342 e. The minimum absolute atomic E-state index is 0.273. The van der Waals surface area contributed by atoms with Gasteiger partial charge in [-0.1, -0.05) is 17.7 Å². The van der Waals surface area contributed by atoms with Gasteiger partial charge in [0, 0.05) is 0 Å². The lowest BCUT2D eigenvalue weighted by Crippen LogP contribution is -2.10. The number of aliphatic carboxylic acids is 1. The summed E-state index contributed by atoms with van der Waals surface area (Å²) in [5.74, 6) is -1.69. The van der Waals surface area contributed by atoms with E-state index < -0.39 is 12.1 Å². The minimum Gasteiger partial charge on any atom is -0.479 e. The van der Waals surface area contributed by atoms with E-state index in [9.17, 15) is 9.90 Å². The molecule has 0 radical (unpaired) electrons. The van der Waals surface area contributed by atoms with Crippen LogP contribution in [0.2, 0.25) is 5.02 Å². The Morgan fingerprint density at radius 3 is 2.87 bits per heavy atom. The average Bonchev–Trinajstić information content (AvgIpc) is 2.61. The van der Waals surface area contributed by atoms with Crippen LogP contribution in [0, 0.1) is 0 Å². The highest BCUT2D eigenvalue weighted by Gasteiger charge is 2.22. The van der Waals surface area contributed by atoms with E-state index in [-0.39, 0.29) is 11.5 Å². The van der Waals surface area contributed by atoms with Gasteiger partial charge < -0.3 is 14.6 Å². The summed E-state index contributed by atoms with van der Waals surface area (Å²) >= 11 is 5.79. The van der Waals surface area contributed by atoms with E-state index in [4.69, 9.17) is 21.1 Å². The number of benzene rings is 1. The third kappa shape index (κ3) is 1.67. The van der Waals surface area contributed by atoms with Crippen LogP contribution in [-0.4, -0.2) is 21.2 Å². The Balaban J connectivity index is 2.56. The number of hydrogen-bond acceptors (Lipinski definition) is 4. The lowest BCUT2D eigenvalue weighted by atomic mass is 10.3. The Morgan fingerprint density at radius 1 is 1.53 bits per heavy atom. The molecule has 0 aliphatic rings. The summed E-state index contributed by atoms with van der Waals surface area (Å²) in [5.41, 5.74) is 0.687. The van der Waals surface area contributed by atoms with Gasteiger partial charge in [0.2, 0.25) is 12.0 Å². The first-order valence-electron chi connectivity index (χ1n) is 4.05. The van der Waals surface area contributed by atoms with Crippen LogP contribution in [0.3, 0.4) is 0 Å². The van der Waals surface area contributed by atoms with Crippen molar-refractivity contribution in [1.82, 2.24) is 4.98 Å². The number of carbonyl (C=O) groups is 1. The van der Waals surface area contributed by atoms with Crippen LogP contribution in [0.4, 0.5) is 0 Å². The molecule has 0 aliphatic heterocycles. The molecule has 2 N–H and O–H groups in total. The summed E-state index contributed by atoms with van der Waals surface area (Å²) < 4.78 is 5.05. The summed E-state index contributed by atoms with van der Waals surface area (Å²) in [5, 5.41) is 18.1. The van der Waals surface area contributed by atoms with Crippen molar-refractivity contribution in [2.75, 3.05) is 0 Å². The fraction of sp³-hybridized carbons (Fsp3) is 0.111. The standard InChI is InChI=1S/C9H6ClNO4/c10-4-2-1-3-5-7(4)15-8(11-5)6(12)9(13)14/h1-3,6,12H,(H,13,14). The lowest BCUT2D eigenvalue weighted by molar-refractivity contribution is -0.148. The first kappa shape index (κ1) is 9.95. The maximum absolute atomic E-state index is 10.5. The second kappa shape index (κ2) is 3.52. The van der Waals surface area contributed by atoms with Gasteiger partial charge in [0.25, 0.3) is 0 Å². The number of carboxylic acid groups (broad SMARTS) is 1. The number of fused-ring (bicyclic) bond motifs is 1. The summed E-state index contributed by atoms with van der Waals surface area (Å²) in [7, 11) is 0. The molecule has 1 aromatic carbocycles. The maximum atomic E-state index is 10.5. The lowest BCUT2D eigenvalue weighted by Gasteiger charge is -1.97.